The molecular formula is C19H23N3O4. The Kier molecular flexibility index (Phi) is 4.09. The SMILES string of the molecule is COC(=O)[C@@H]1C[C@]2(CN1C(=O)NC1CCCC1)C(=O)Nc1ccccc12. The average molecular weight is 357 g/mol. The Morgan fingerprint density at radius 3 is 2.73 bits per heavy atom. The normalized spacial score (nSPS) is 27.5. The minimum absolute atomic E-state index is 0.141. The highest BCUT2D eigenvalue weighted by Gasteiger charge is 2.57. The fraction of sp³-hybridized carbons (Fsp3) is 0.526. The summed E-state index contributed by atoms with van der Waals surface area (Å²) in [5.74, 6) is -0.649. The minimum atomic E-state index is -0.900. The second kappa shape index (κ2) is 6.30. The van der Waals surface area contributed by atoms with Gasteiger partial charge in [0.1, 0.15) is 6.04 Å². The first-order valence-corrected chi connectivity index (χ1v) is 9.11. The number of ether oxygens (including phenoxy) is 1. The molecule has 2 atom stereocenters. The van der Waals surface area contributed by atoms with Crippen molar-refractivity contribution in [1.82, 2.24) is 10.2 Å². The lowest BCUT2D eigenvalue weighted by Gasteiger charge is -2.25. The Bertz CT molecular complexity index is 759. The molecule has 1 aromatic rings. The number of fused-ring (bicyclic) bond motifs is 2. The van der Waals surface area contributed by atoms with Crippen molar-refractivity contribution < 1.29 is 19.1 Å². The lowest BCUT2D eigenvalue weighted by atomic mass is 9.79. The van der Waals surface area contributed by atoms with Gasteiger partial charge in [0.05, 0.1) is 12.5 Å². The van der Waals surface area contributed by atoms with E-state index in [1.54, 1.807) is 0 Å². The van der Waals surface area contributed by atoms with Gasteiger partial charge in [0, 0.05) is 18.3 Å². The van der Waals surface area contributed by atoms with E-state index in [0.29, 0.717) is 0 Å². The third kappa shape index (κ3) is 2.53. The Morgan fingerprint density at radius 2 is 2.00 bits per heavy atom. The molecule has 2 fully saturated rings. The zero-order chi connectivity index (χ0) is 18.3. The van der Waals surface area contributed by atoms with Crippen LogP contribution in [0, 0.1) is 0 Å². The fourth-order valence-corrected chi connectivity index (χ4v) is 4.53. The van der Waals surface area contributed by atoms with E-state index < -0.39 is 17.4 Å². The molecule has 2 heterocycles. The number of carbonyl (C=O) groups excluding carboxylic acids is 3. The molecule has 26 heavy (non-hydrogen) atoms. The maximum Gasteiger partial charge on any atom is 0.328 e. The standard InChI is InChI=1S/C19H23N3O4/c1-26-16(23)15-10-19(13-8-4-5-9-14(13)21-17(19)24)11-22(15)18(25)20-12-6-2-3-7-12/h4-5,8-9,12,15H,2-3,6-7,10-11H2,1H3,(H,20,25)(H,21,24)/t15-,19+/m0/s1. The smallest absolute Gasteiger partial charge is 0.328 e. The van der Waals surface area contributed by atoms with Crippen LogP contribution in [-0.2, 0) is 19.7 Å². The van der Waals surface area contributed by atoms with E-state index in [1.807, 2.05) is 24.3 Å². The van der Waals surface area contributed by atoms with Crippen LogP contribution in [0.1, 0.15) is 37.7 Å². The molecule has 3 aliphatic rings. The molecule has 1 aliphatic carbocycles. The van der Waals surface area contributed by atoms with E-state index in [2.05, 4.69) is 10.6 Å². The number of likely N-dealkylation sites (tertiary alicyclic amines) is 1. The zero-order valence-electron chi connectivity index (χ0n) is 14.8. The predicted molar refractivity (Wildman–Crippen MR) is 94.7 cm³/mol. The summed E-state index contributed by atoms with van der Waals surface area (Å²) < 4.78 is 4.92. The first-order chi connectivity index (χ1) is 12.5. The molecule has 4 rings (SSSR count). The number of methoxy groups -OCH3 is 1. The van der Waals surface area contributed by atoms with Crippen molar-refractivity contribution >= 4 is 23.6 Å². The Morgan fingerprint density at radius 1 is 1.27 bits per heavy atom. The number of nitrogens with one attached hydrogen (secondary N) is 2. The molecule has 7 nitrogen and oxygen atoms in total. The third-order valence-electron chi connectivity index (χ3n) is 5.90. The fourth-order valence-electron chi connectivity index (χ4n) is 4.53. The molecule has 1 saturated heterocycles. The number of hydrogen-bond acceptors (Lipinski definition) is 4. The highest BCUT2D eigenvalue weighted by Crippen LogP contribution is 2.46. The van der Waals surface area contributed by atoms with E-state index in [-0.39, 0.29) is 30.9 Å². The van der Waals surface area contributed by atoms with Crippen LogP contribution in [0.15, 0.2) is 24.3 Å². The van der Waals surface area contributed by atoms with Gasteiger partial charge in [0.15, 0.2) is 0 Å². The van der Waals surface area contributed by atoms with Gasteiger partial charge >= 0.3 is 12.0 Å². The van der Waals surface area contributed by atoms with Crippen LogP contribution in [-0.4, -0.2) is 48.5 Å². The molecule has 0 unspecified atom stereocenters. The number of benzene rings is 1. The van der Waals surface area contributed by atoms with Crippen molar-refractivity contribution in [3.05, 3.63) is 29.8 Å². The van der Waals surface area contributed by atoms with Crippen molar-refractivity contribution in [3.8, 4) is 0 Å². The summed E-state index contributed by atoms with van der Waals surface area (Å²) in [4.78, 5) is 39.5. The van der Waals surface area contributed by atoms with Gasteiger partial charge in [-0.1, -0.05) is 31.0 Å². The van der Waals surface area contributed by atoms with Crippen LogP contribution < -0.4 is 10.6 Å². The second-order valence-electron chi connectivity index (χ2n) is 7.38. The Hall–Kier alpha value is -2.57. The van der Waals surface area contributed by atoms with Gasteiger partial charge in [-0.3, -0.25) is 4.79 Å². The number of anilines is 1. The first-order valence-electron chi connectivity index (χ1n) is 9.11. The molecule has 1 spiro atoms. The van der Waals surface area contributed by atoms with E-state index in [1.165, 1.54) is 12.0 Å². The summed E-state index contributed by atoms with van der Waals surface area (Å²) in [6.07, 6.45) is 4.35. The third-order valence-corrected chi connectivity index (χ3v) is 5.90. The first kappa shape index (κ1) is 16.9. The van der Waals surface area contributed by atoms with Gasteiger partial charge < -0.3 is 20.3 Å². The molecular weight excluding hydrogens is 334 g/mol. The number of urea groups is 1. The average Bonchev–Trinajstić information content (AvgIpc) is 3.35. The molecule has 1 aromatic carbocycles. The predicted octanol–water partition coefficient (Wildman–Crippen LogP) is 1.78. The Labute approximate surface area is 152 Å². The quantitative estimate of drug-likeness (QED) is 0.790. The minimum Gasteiger partial charge on any atom is -0.467 e. The number of nitrogens with zero attached hydrogens (tertiary/aromatic N) is 1. The molecule has 7 heteroatoms. The van der Waals surface area contributed by atoms with Crippen LogP contribution in [0.2, 0.25) is 0 Å². The van der Waals surface area contributed by atoms with Crippen LogP contribution in [0.5, 0.6) is 0 Å². The number of carbonyl (C=O) groups is 3. The van der Waals surface area contributed by atoms with Crippen LogP contribution >= 0.6 is 0 Å². The molecule has 3 amide bonds. The lowest BCUT2D eigenvalue weighted by Crippen LogP contribution is -2.49. The van der Waals surface area contributed by atoms with Crippen molar-refractivity contribution in [3.63, 3.8) is 0 Å². The summed E-state index contributed by atoms with van der Waals surface area (Å²) in [6.45, 7) is 0.175. The topological polar surface area (TPSA) is 87.7 Å². The summed E-state index contributed by atoms with van der Waals surface area (Å²) >= 11 is 0. The monoisotopic (exact) mass is 357 g/mol. The summed E-state index contributed by atoms with van der Waals surface area (Å²) in [7, 11) is 1.31. The molecule has 138 valence electrons. The summed E-state index contributed by atoms with van der Waals surface area (Å²) in [5.41, 5.74) is 0.692. The maximum absolute atomic E-state index is 12.9. The second-order valence-corrected chi connectivity index (χ2v) is 7.38. The van der Waals surface area contributed by atoms with Gasteiger partial charge in [0.2, 0.25) is 5.91 Å². The van der Waals surface area contributed by atoms with Crippen molar-refractivity contribution in [2.75, 3.05) is 19.0 Å². The van der Waals surface area contributed by atoms with Gasteiger partial charge in [-0.15, -0.1) is 0 Å². The van der Waals surface area contributed by atoms with Gasteiger partial charge in [0.25, 0.3) is 0 Å². The highest BCUT2D eigenvalue weighted by molar-refractivity contribution is 6.08. The molecule has 0 bridgehead atoms. The molecule has 2 N–H and O–H groups in total. The largest absolute Gasteiger partial charge is 0.467 e. The van der Waals surface area contributed by atoms with E-state index in [9.17, 15) is 14.4 Å². The lowest BCUT2D eigenvalue weighted by molar-refractivity contribution is -0.145. The van der Waals surface area contributed by atoms with Crippen LogP contribution in [0.25, 0.3) is 0 Å². The van der Waals surface area contributed by atoms with Crippen molar-refractivity contribution in [1.29, 1.82) is 0 Å². The number of esters is 1. The molecule has 1 saturated carbocycles. The van der Waals surface area contributed by atoms with E-state index in [4.69, 9.17) is 4.74 Å². The van der Waals surface area contributed by atoms with Gasteiger partial charge in [-0.25, -0.2) is 9.59 Å². The number of para-hydroxylation sites is 1. The Balaban J connectivity index is 1.64. The molecule has 2 aliphatic heterocycles. The van der Waals surface area contributed by atoms with E-state index in [0.717, 1.165) is 36.9 Å². The van der Waals surface area contributed by atoms with Gasteiger partial charge in [-0.2, -0.15) is 0 Å². The molecule has 0 aromatic heterocycles. The summed E-state index contributed by atoms with van der Waals surface area (Å²) in [6, 6.07) is 6.54. The van der Waals surface area contributed by atoms with E-state index >= 15 is 0 Å². The van der Waals surface area contributed by atoms with Crippen molar-refractivity contribution in [2.24, 2.45) is 0 Å². The number of hydrogen-bond donors (Lipinski definition) is 2. The number of rotatable bonds is 2. The van der Waals surface area contributed by atoms with Crippen LogP contribution in [0.4, 0.5) is 10.5 Å². The van der Waals surface area contributed by atoms with Crippen molar-refractivity contribution in [2.45, 2.75) is 49.6 Å². The summed E-state index contributed by atoms with van der Waals surface area (Å²) in [5, 5.41) is 5.91. The van der Waals surface area contributed by atoms with Crippen LogP contribution in [0.3, 0.4) is 0 Å². The maximum atomic E-state index is 12.9. The van der Waals surface area contributed by atoms with Gasteiger partial charge in [-0.05, 0) is 30.9 Å². The molecule has 0 radical (unpaired) electrons. The highest BCUT2D eigenvalue weighted by atomic mass is 16.5. The zero-order valence-corrected chi connectivity index (χ0v) is 14.8. The number of amides is 3.